The Kier molecular flexibility index (Phi) is 5.52. The first-order valence-electron chi connectivity index (χ1n) is 9.93. The van der Waals surface area contributed by atoms with E-state index in [1.165, 1.54) is 0 Å². The van der Waals surface area contributed by atoms with Gasteiger partial charge in [0.05, 0.1) is 12.2 Å². The first kappa shape index (κ1) is 19.7. The summed E-state index contributed by atoms with van der Waals surface area (Å²) >= 11 is 0. The van der Waals surface area contributed by atoms with E-state index < -0.39 is 12.1 Å². The molecule has 0 bridgehead atoms. The molecule has 0 fully saturated rings. The van der Waals surface area contributed by atoms with Gasteiger partial charge >= 0.3 is 11.9 Å². The smallest absolute Gasteiger partial charge is 0.354 e. The monoisotopic (exact) mass is 406 g/mol. The lowest BCUT2D eigenvalue weighted by molar-refractivity contribution is -0.129. The highest BCUT2D eigenvalue weighted by Gasteiger charge is 2.35. The van der Waals surface area contributed by atoms with Crippen LogP contribution in [0, 0.1) is 0 Å². The molecule has 0 aliphatic carbocycles. The Morgan fingerprint density at radius 1 is 1.13 bits per heavy atom. The van der Waals surface area contributed by atoms with Gasteiger partial charge in [-0.05, 0) is 31.5 Å². The number of aromatic nitrogens is 1. The molecule has 2 heterocycles. The second-order valence-electron chi connectivity index (χ2n) is 6.98. The Balaban J connectivity index is 1.41. The van der Waals surface area contributed by atoms with Gasteiger partial charge in [-0.3, -0.25) is 4.79 Å². The van der Waals surface area contributed by atoms with Crippen LogP contribution in [0.4, 0.5) is 0 Å². The fourth-order valence-corrected chi connectivity index (χ4v) is 3.71. The molecule has 1 aromatic heterocycles. The lowest BCUT2D eigenvalue weighted by Gasteiger charge is -2.13. The Morgan fingerprint density at radius 2 is 1.90 bits per heavy atom. The molecule has 4 rings (SSSR count). The number of nitrogens with zero attached hydrogens (tertiary/aromatic N) is 1. The molecule has 3 aromatic rings. The van der Waals surface area contributed by atoms with Crippen LogP contribution >= 0.6 is 0 Å². The predicted molar refractivity (Wildman–Crippen MR) is 110 cm³/mol. The van der Waals surface area contributed by atoms with Crippen LogP contribution in [0.25, 0.3) is 10.9 Å². The molecule has 1 aliphatic rings. The van der Waals surface area contributed by atoms with Crippen LogP contribution in [0.3, 0.4) is 0 Å². The zero-order valence-corrected chi connectivity index (χ0v) is 16.6. The summed E-state index contributed by atoms with van der Waals surface area (Å²) in [6, 6.07) is 16.4. The Hall–Kier alpha value is -3.61. The maximum atomic E-state index is 12.5. The zero-order valence-electron chi connectivity index (χ0n) is 16.6. The van der Waals surface area contributed by atoms with Gasteiger partial charge in [-0.2, -0.15) is 0 Å². The van der Waals surface area contributed by atoms with Crippen LogP contribution in [0.2, 0.25) is 0 Å². The second-order valence-corrected chi connectivity index (χ2v) is 6.98. The number of carbonyl (C=O) groups is 3. The van der Waals surface area contributed by atoms with Crippen molar-refractivity contribution in [2.75, 3.05) is 13.2 Å². The highest BCUT2D eigenvalue weighted by Crippen LogP contribution is 2.30. The van der Waals surface area contributed by atoms with E-state index >= 15 is 0 Å². The maximum absolute atomic E-state index is 12.5. The van der Waals surface area contributed by atoms with E-state index in [1.807, 2.05) is 34.9 Å². The van der Waals surface area contributed by atoms with E-state index in [1.54, 1.807) is 31.2 Å². The molecule has 0 saturated carbocycles. The fourth-order valence-electron chi connectivity index (χ4n) is 3.71. The standard InChI is InChI=1S/C23H22N2O5/c1-2-29-23(28)19-14-15-8-3-6-11-18(15)25(19)13-7-12-24-21(26)20-16-9-4-5-10-17(16)22(27)30-20/h3-6,8-11,14,20H,2,7,12-13H2,1H3,(H,24,26). The summed E-state index contributed by atoms with van der Waals surface area (Å²) in [6.07, 6.45) is -0.324. The molecule has 0 saturated heterocycles. The van der Waals surface area contributed by atoms with Crippen molar-refractivity contribution in [3.8, 4) is 0 Å². The zero-order chi connectivity index (χ0) is 21.1. The summed E-state index contributed by atoms with van der Waals surface area (Å²) in [5.74, 6) is -1.20. The number of para-hydroxylation sites is 1. The summed E-state index contributed by atoms with van der Waals surface area (Å²) in [7, 11) is 0. The summed E-state index contributed by atoms with van der Waals surface area (Å²) in [5, 5.41) is 3.78. The van der Waals surface area contributed by atoms with E-state index in [0.717, 1.165) is 10.9 Å². The number of hydrogen-bond donors (Lipinski definition) is 1. The number of cyclic esters (lactones) is 1. The van der Waals surface area contributed by atoms with Gasteiger partial charge in [0.25, 0.3) is 5.91 Å². The highest BCUT2D eigenvalue weighted by atomic mass is 16.6. The van der Waals surface area contributed by atoms with Crippen LogP contribution in [-0.2, 0) is 20.8 Å². The highest BCUT2D eigenvalue weighted by molar-refractivity contribution is 5.99. The normalized spacial score (nSPS) is 15.0. The van der Waals surface area contributed by atoms with Gasteiger partial charge in [0, 0.05) is 29.6 Å². The predicted octanol–water partition coefficient (Wildman–Crippen LogP) is 3.24. The molecule has 154 valence electrons. The molecule has 2 aromatic carbocycles. The number of ether oxygens (including phenoxy) is 2. The third-order valence-corrected chi connectivity index (χ3v) is 5.08. The average molecular weight is 406 g/mol. The van der Waals surface area contributed by atoms with E-state index in [2.05, 4.69) is 5.32 Å². The van der Waals surface area contributed by atoms with Gasteiger partial charge in [-0.1, -0.05) is 36.4 Å². The first-order valence-corrected chi connectivity index (χ1v) is 9.93. The minimum absolute atomic E-state index is 0.304. The van der Waals surface area contributed by atoms with Crippen molar-refractivity contribution in [2.45, 2.75) is 26.0 Å². The van der Waals surface area contributed by atoms with Gasteiger partial charge in [0.2, 0.25) is 6.10 Å². The summed E-state index contributed by atoms with van der Waals surface area (Å²) in [5.41, 5.74) is 2.44. The van der Waals surface area contributed by atoms with E-state index in [-0.39, 0.29) is 11.9 Å². The number of carbonyl (C=O) groups excluding carboxylic acids is 3. The van der Waals surface area contributed by atoms with Crippen LogP contribution in [-0.4, -0.2) is 35.6 Å². The van der Waals surface area contributed by atoms with Gasteiger partial charge < -0.3 is 19.4 Å². The number of rotatable bonds is 7. The third-order valence-electron chi connectivity index (χ3n) is 5.08. The van der Waals surface area contributed by atoms with E-state index in [9.17, 15) is 14.4 Å². The van der Waals surface area contributed by atoms with Gasteiger partial charge in [0.1, 0.15) is 5.69 Å². The van der Waals surface area contributed by atoms with E-state index in [4.69, 9.17) is 9.47 Å². The lowest BCUT2D eigenvalue weighted by atomic mass is 10.0. The molecule has 1 unspecified atom stereocenters. The van der Waals surface area contributed by atoms with Crippen LogP contribution in [0.1, 0.15) is 45.9 Å². The number of esters is 2. The van der Waals surface area contributed by atoms with Crippen molar-refractivity contribution in [3.05, 3.63) is 71.4 Å². The summed E-state index contributed by atoms with van der Waals surface area (Å²) < 4.78 is 12.3. The Morgan fingerprint density at radius 3 is 2.73 bits per heavy atom. The molecule has 7 heteroatoms. The second kappa shape index (κ2) is 8.41. The van der Waals surface area contributed by atoms with Crippen LogP contribution in [0.15, 0.2) is 54.6 Å². The summed E-state index contributed by atoms with van der Waals surface area (Å²) in [6.45, 7) is 2.99. The molecule has 7 nitrogen and oxygen atoms in total. The molecular weight excluding hydrogens is 384 g/mol. The van der Waals surface area contributed by atoms with Crippen molar-refractivity contribution in [1.82, 2.24) is 9.88 Å². The minimum Gasteiger partial charge on any atom is -0.461 e. The molecule has 1 aliphatic heterocycles. The van der Waals surface area contributed by atoms with Gasteiger partial charge in [-0.15, -0.1) is 0 Å². The minimum atomic E-state index is -0.920. The molecule has 0 radical (unpaired) electrons. The third kappa shape index (κ3) is 3.66. The lowest BCUT2D eigenvalue weighted by Crippen LogP contribution is -2.31. The van der Waals surface area contributed by atoms with Crippen molar-refractivity contribution >= 4 is 28.7 Å². The molecule has 1 N–H and O–H groups in total. The SMILES string of the molecule is CCOC(=O)c1cc2ccccc2n1CCCNC(=O)C1OC(=O)c2ccccc21. The Labute approximate surface area is 173 Å². The number of amides is 1. The van der Waals surface area contributed by atoms with Crippen LogP contribution < -0.4 is 5.32 Å². The molecule has 1 amide bonds. The molecule has 30 heavy (non-hydrogen) atoms. The first-order chi connectivity index (χ1) is 14.6. The van der Waals surface area contributed by atoms with Gasteiger partial charge in [-0.25, -0.2) is 9.59 Å². The average Bonchev–Trinajstić information content (AvgIpc) is 3.30. The van der Waals surface area contributed by atoms with E-state index in [0.29, 0.717) is 42.9 Å². The van der Waals surface area contributed by atoms with Crippen molar-refractivity contribution < 1.29 is 23.9 Å². The number of nitrogens with one attached hydrogen (secondary N) is 1. The Bertz CT molecular complexity index is 1120. The molecule has 0 spiro atoms. The largest absolute Gasteiger partial charge is 0.461 e. The number of hydrogen-bond acceptors (Lipinski definition) is 5. The van der Waals surface area contributed by atoms with Crippen molar-refractivity contribution in [2.24, 2.45) is 0 Å². The number of fused-ring (bicyclic) bond motifs is 2. The summed E-state index contributed by atoms with van der Waals surface area (Å²) in [4.78, 5) is 36.8. The van der Waals surface area contributed by atoms with Gasteiger partial charge in [0.15, 0.2) is 0 Å². The van der Waals surface area contributed by atoms with Crippen LogP contribution in [0.5, 0.6) is 0 Å². The van der Waals surface area contributed by atoms with Crippen molar-refractivity contribution in [3.63, 3.8) is 0 Å². The quantitative estimate of drug-likeness (QED) is 0.481. The molecule has 1 atom stereocenters. The topological polar surface area (TPSA) is 86.6 Å². The fraction of sp³-hybridized carbons (Fsp3) is 0.261. The maximum Gasteiger partial charge on any atom is 0.354 e. The molecular formula is C23H22N2O5. The number of aryl methyl sites for hydroxylation is 1. The number of benzene rings is 2. The van der Waals surface area contributed by atoms with Crippen molar-refractivity contribution in [1.29, 1.82) is 0 Å².